The van der Waals surface area contributed by atoms with Crippen molar-refractivity contribution in [2.45, 2.75) is 27.2 Å². The molecule has 0 fully saturated rings. The second-order valence-electron chi connectivity index (χ2n) is 5.16. The van der Waals surface area contributed by atoms with Crippen LogP contribution in [0.15, 0.2) is 29.3 Å². The van der Waals surface area contributed by atoms with Gasteiger partial charge >= 0.3 is 0 Å². The molecule has 0 saturated carbocycles. The Bertz CT molecular complexity index is 701. The van der Waals surface area contributed by atoms with Crippen LogP contribution in [0.25, 0.3) is 10.9 Å². The number of nitrogens with zero attached hydrogens (tertiary/aromatic N) is 2. The first-order valence-corrected chi connectivity index (χ1v) is 6.12. The number of aromatic hydroxyl groups is 1. The summed E-state index contributed by atoms with van der Waals surface area (Å²) in [5, 5.41) is 9.67. The molecular weight excluding hydrogens is 244 g/mol. The molecule has 0 bridgehead atoms. The third-order valence-electron chi connectivity index (χ3n) is 3.42. The Balaban J connectivity index is 2.65. The van der Waals surface area contributed by atoms with Crippen LogP contribution in [0.1, 0.15) is 32.0 Å². The summed E-state index contributed by atoms with van der Waals surface area (Å²) in [4.78, 5) is 28.6. The minimum Gasteiger partial charge on any atom is -0.508 e. The molecule has 1 heterocycles. The average Bonchev–Trinajstić information content (AvgIpc) is 2.38. The number of fused-ring (bicyclic) bond motifs is 1. The van der Waals surface area contributed by atoms with Crippen molar-refractivity contribution in [2.75, 3.05) is 0 Å². The highest BCUT2D eigenvalue weighted by Gasteiger charge is 2.28. The summed E-state index contributed by atoms with van der Waals surface area (Å²) in [5.74, 6) is -0.236. The number of phenols is 1. The van der Waals surface area contributed by atoms with Gasteiger partial charge in [0.2, 0.25) is 5.91 Å². The molecule has 1 aromatic heterocycles. The number of carbonyl (C=O) groups excluding carboxylic acids is 1. The van der Waals surface area contributed by atoms with Gasteiger partial charge in [-0.2, -0.15) is 0 Å². The second-order valence-corrected chi connectivity index (χ2v) is 5.16. The van der Waals surface area contributed by atoms with Gasteiger partial charge in [-0.3, -0.25) is 9.59 Å². The molecule has 0 aliphatic carbocycles. The molecule has 0 radical (unpaired) electrons. The molecule has 0 aliphatic rings. The van der Waals surface area contributed by atoms with E-state index in [4.69, 9.17) is 0 Å². The van der Waals surface area contributed by atoms with Crippen molar-refractivity contribution in [1.82, 2.24) is 9.55 Å². The van der Waals surface area contributed by atoms with Gasteiger partial charge in [-0.25, -0.2) is 9.55 Å². The first-order valence-electron chi connectivity index (χ1n) is 6.12. The predicted octanol–water partition coefficient (Wildman–Crippen LogP) is 2.18. The minimum absolute atomic E-state index is 0.0392. The Morgan fingerprint density at radius 2 is 2.11 bits per heavy atom. The fourth-order valence-corrected chi connectivity index (χ4v) is 1.73. The molecule has 2 aromatic rings. The molecule has 0 amide bonds. The van der Waals surface area contributed by atoms with Gasteiger partial charge < -0.3 is 5.11 Å². The molecule has 0 saturated heterocycles. The van der Waals surface area contributed by atoms with Crippen LogP contribution < -0.4 is 5.56 Å². The summed E-state index contributed by atoms with van der Waals surface area (Å²) in [5.41, 5.74) is -0.643. The molecule has 0 unspecified atom stereocenters. The number of benzene rings is 1. The summed E-state index contributed by atoms with van der Waals surface area (Å²) in [7, 11) is 0. The van der Waals surface area contributed by atoms with E-state index in [1.54, 1.807) is 13.8 Å². The summed E-state index contributed by atoms with van der Waals surface area (Å²) < 4.78 is 1.04. The van der Waals surface area contributed by atoms with Gasteiger partial charge in [0.1, 0.15) is 12.1 Å². The lowest BCUT2D eigenvalue weighted by molar-refractivity contribution is 0.0734. The van der Waals surface area contributed by atoms with Gasteiger partial charge in [-0.1, -0.05) is 20.8 Å². The third kappa shape index (κ3) is 2.23. The molecule has 5 heteroatoms. The van der Waals surface area contributed by atoms with Crippen molar-refractivity contribution in [3.05, 3.63) is 34.9 Å². The van der Waals surface area contributed by atoms with Crippen LogP contribution in [0.3, 0.4) is 0 Å². The van der Waals surface area contributed by atoms with Crippen LogP contribution >= 0.6 is 0 Å². The van der Waals surface area contributed by atoms with Gasteiger partial charge in [0.15, 0.2) is 0 Å². The van der Waals surface area contributed by atoms with Crippen molar-refractivity contribution in [1.29, 1.82) is 0 Å². The van der Waals surface area contributed by atoms with Gasteiger partial charge in [0.25, 0.3) is 5.56 Å². The van der Waals surface area contributed by atoms with E-state index in [1.165, 1.54) is 24.5 Å². The average molecular weight is 260 g/mol. The minimum atomic E-state index is -0.615. The van der Waals surface area contributed by atoms with Crippen molar-refractivity contribution in [3.63, 3.8) is 0 Å². The van der Waals surface area contributed by atoms with Crippen LogP contribution in [0.4, 0.5) is 0 Å². The van der Waals surface area contributed by atoms with E-state index in [1.807, 2.05) is 6.92 Å². The van der Waals surface area contributed by atoms with Crippen LogP contribution in [0, 0.1) is 5.41 Å². The zero-order chi connectivity index (χ0) is 14.2. The van der Waals surface area contributed by atoms with Crippen LogP contribution in [-0.2, 0) is 0 Å². The van der Waals surface area contributed by atoms with E-state index in [-0.39, 0.29) is 11.7 Å². The van der Waals surface area contributed by atoms with Gasteiger partial charge in [-0.15, -0.1) is 0 Å². The third-order valence-corrected chi connectivity index (χ3v) is 3.42. The summed E-state index contributed by atoms with van der Waals surface area (Å²) in [6.07, 6.45) is 1.86. The Kier molecular flexibility index (Phi) is 3.14. The normalized spacial score (nSPS) is 11.7. The predicted molar refractivity (Wildman–Crippen MR) is 72.4 cm³/mol. The molecule has 0 spiro atoms. The van der Waals surface area contributed by atoms with E-state index < -0.39 is 11.0 Å². The highest BCUT2D eigenvalue weighted by Crippen LogP contribution is 2.22. The van der Waals surface area contributed by atoms with Gasteiger partial charge in [0, 0.05) is 11.5 Å². The van der Waals surface area contributed by atoms with Gasteiger partial charge in [0.05, 0.1) is 10.9 Å². The number of carbonyl (C=O) groups is 1. The highest BCUT2D eigenvalue weighted by molar-refractivity contribution is 5.87. The van der Waals surface area contributed by atoms with Gasteiger partial charge in [-0.05, 0) is 18.6 Å². The Labute approximate surface area is 110 Å². The monoisotopic (exact) mass is 260 g/mol. The number of rotatable bonds is 2. The zero-order valence-corrected chi connectivity index (χ0v) is 11.2. The van der Waals surface area contributed by atoms with E-state index in [2.05, 4.69) is 4.98 Å². The summed E-state index contributed by atoms with van der Waals surface area (Å²) >= 11 is 0. The molecule has 0 atom stereocenters. The topological polar surface area (TPSA) is 72.2 Å². The van der Waals surface area contributed by atoms with E-state index in [0.29, 0.717) is 17.3 Å². The molecule has 19 heavy (non-hydrogen) atoms. The fourth-order valence-electron chi connectivity index (χ4n) is 1.73. The van der Waals surface area contributed by atoms with Crippen molar-refractivity contribution >= 4 is 16.8 Å². The number of phenolic OH excluding ortho intramolecular Hbond substituents is 1. The molecule has 1 aromatic carbocycles. The SMILES string of the molecule is CCC(C)(C)C(=O)n1cnc2cc(O)ccc2c1=O. The van der Waals surface area contributed by atoms with Crippen LogP contribution in [0.5, 0.6) is 5.75 Å². The molecule has 100 valence electrons. The van der Waals surface area contributed by atoms with Crippen LogP contribution in [0.2, 0.25) is 0 Å². The maximum atomic E-state index is 12.3. The number of hydrogen-bond donors (Lipinski definition) is 1. The number of aromatic nitrogens is 2. The summed E-state index contributed by atoms with van der Waals surface area (Å²) in [6, 6.07) is 4.28. The first kappa shape index (κ1) is 13.3. The Hall–Kier alpha value is -2.17. The fraction of sp³-hybridized carbons (Fsp3) is 0.357. The first-order chi connectivity index (χ1) is 8.86. The second kappa shape index (κ2) is 4.50. The Morgan fingerprint density at radius 3 is 2.74 bits per heavy atom. The summed E-state index contributed by atoms with van der Waals surface area (Å²) in [6.45, 7) is 5.49. The molecule has 1 N–H and O–H groups in total. The maximum absolute atomic E-state index is 12.3. The molecular formula is C14H16N2O3. The van der Waals surface area contributed by atoms with Crippen molar-refractivity contribution in [3.8, 4) is 5.75 Å². The molecule has 2 rings (SSSR count). The number of hydrogen-bond acceptors (Lipinski definition) is 4. The van der Waals surface area contributed by atoms with Crippen LogP contribution in [-0.4, -0.2) is 20.6 Å². The van der Waals surface area contributed by atoms with E-state index in [0.717, 1.165) is 4.57 Å². The Morgan fingerprint density at radius 1 is 1.42 bits per heavy atom. The lowest BCUT2D eigenvalue weighted by Crippen LogP contribution is -2.36. The standard InChI is InChI=1S/C14H16N2O3/c1-4-14(2,3)13(19)16-8-15-11-7-9(17)5-6-10(11)12(16)18/h5-8,17H,4H2,1-3H3. The zero-order valence-electron chi connectivity index (χ0n) is 11.2. The maximum Gasteiger partial charge on any atom is 0.268 e. The molecule has 0 aliphatic heterocycles. The smallest absolute Gasteiger partial charge is 0.268 e. The highest BCUT2D eigenvalue weighted by atomic mass is 16.3. The van der Waals surface area contributed by atoms with Crippen molar-refractivity contribution < 1.29 is 9.90 Å². The largest absolute Gasteiger partial charge is 0.508 e. The lowest BCUT2D eigenvalue weighted by atomic mass is 9.89. The van der Waals surface area contributed by atoms with E-state index >= 15 is 0 Å². The quantitative estimate of drug-likeness (QED) is 0.898. The lowest BCUT2D eigenvalue weighted by Gasteiger charge is -2.21. The van der Waals surface area contributed by atoms with E-state index in [9.17, 15) is 14.7 Å². The van der Waals surface area contributed by atoms with Crippen molar-refractivity contribution in [2.24, 2.45) is 5.41 Å². The molecule has 5 nitrogen and oxygen atoms in total.